The number of amides is 1. The quantitative estimate of drug-likeness (QED) is 0.815. The summed E-state index contributed by atoms with van der Waals surface area (Å²) in [6, 6.07) is 4.49. The number of aromatic nitrogens is 2. The molecule has 148 valence electrons. The van der Waals surface area contributed by atoms with Gasteiger partial charge in [-0.1, -0.05) is 12.1 Å². The van der Waals surface area contributed by atoms with Gasteiger partial charge in [0.15, 0.2) is 11.6 Å². The van der Waals surface area contributed by atoms with E-state index in [9.17, 15) is 13.6 Å². The van der Waals surface area contributed by atoms with Crippen LogP contribution in [0.25, 0.3) is 0 Å². The number of fused-ring (bicyclic) bond motifs is 2. The van der Waals surface area contributed by atoms with Crippen molar-refractivity contribution in [3.8, 4) is 0 Å². The number of hydrogen-bond donors (Lipinski definition) is 0. The van der Waals surface area contributed by atoms with Crippen LogP contribution in [0.1, 0.15) is 41.6 Å². The topological polar surface area (TPSA) is 41.4 Å². The van der Waals surface area contributed by atoms with Gasteiger partial charge in [-0.25, -0.2) is 8.78 Å². The molecule has 0 unspecified atom stereocenters. The second-order valence-corrected chi connectivity index (χ2v) is 8.15. The van der Waals surface area contributed by atoms with Gasteiger partial charge in [0.05, 0.1) is 17.8 Å². The van der Waals surface area contributed by atoms with Gasteiger partial charge in [-0.2, -0.15) is 5.10 Å². The molecule has 6 rings (SSSR count). The molecule has 7 heteroatoms. The molecule has 0 radical (unpaired) electrons. The van der Waals surface area contributed by atoms with Crippen LogP contribution in [0.4, 0.5) is 8.78 Å². The molecule has 4 saturated heterocycles. The van der Waals surface area contributed by atoms with Crippen LogP contribution >= 0.6 is 0 Å². The number of aryl methyl sites for hydroxylation is 1. The molecule has 0 saturated carbocycles. The Hall–Kier alpha value is -2.28. The first kappa shape index (κ1) is 17.8. The number of nitrogens with zero attached hydrogens (tertiary/aromatic N) is 4. The summed E-state index contributed by atoms with van der Waals surface area (Å²) in [6.07, 6.45) is 5.49. The van der Waals surface area contributed by atoms with Crippen LogP contribution in [-0.4, -0.2) is 57.2 Å². The highest BCUT2D eigenvalue weighted by Gasteiger charge is 2.55. The van der Waals surface area contributed by atoms with Gasteiger partial charge in [0.2, 0.25) is 0 Å². The van der Waals surface area contributed by atoms with Crippen molar-refractivity contribution in [2.75, 3.05) is 19.6 Å². The van der Waals surface area contributed by atoms with Crippen molar-refractivity contribution in [1.29, 1.82) is 0 Å². The number of piperidine rings is 3. The molecule has 2 bridgehead atoms. The minimum atomic E-state index is -0.820. The Morgan fingerprint density at radius 3 is 2.71 bits per heavy atom. The van der Waals surface area contributed by atoms with Crippen molar-refractivity contribution in [3.05, 3.63) is 53.4 Å². The van der Waals surface area contributed by atoms with E-state index in [1.807, 2.05) is 11.8 Å². The molecule has 0 spiro atoms. The summed E-state index contributed by atoms with van der Waals surface area (Å²) in [5, 5.41) is 4.23. The molecule has 4 fully saturated rings. The number of carbonyl (C=O) groups excluding carboxylic acids is 1. The molecular weight excluding hydrogens is 362 g/mol. The van der Waals surface area contributed by atoms with Gasteiger partial charge >= 0.3 is 0 Å². The minimum Gasteiger partial charge on any atom is -0.333 e. The second kappa shape index (κ2) is 6.65. The number of rotatable bonds is 3. The lowest BCUT2D eigenvalue weighted by molar-refractivity contribution is -0.00359. The average Bonchev–Trinajstić information content (AvgIpc) is 3.37. The second-order valence-electron chi connectivity index (χ2n) is 8.15. The van der Waals surface area contributed by atoms with Gasteiger partial charge in [-0.3, -0.25) is 14.4 Å². The van der Waals surface area contributed by atoms with Gasteiger partial charge in [-0.05, 0) is 50.4 Å². The standard InChI is InChI=1S/C21H24F2N4O/c1-2-26-11-14(10-24-26)21(28)27-12-16(15-4-3-5-17(22)18(15)23)20-19(27)13-6-8-25(20)9-7-13/h3-5,10-11,13,16,19-20H,2,6-9,12H2,1H3/t16-,19+,20+/m0/s1. The fourth-order valence-electron chi connectivity index (χ4n) is 5.55. The third-order valence-electron chi connectivity index (χ3n) is 6.84. The van der Waals surface area contributed by atoms with Crippen LogP contribution in [0.15, 0.2) is 30.6 Å². The molecule has 1 amide bonds. The smallest absolute Gasteiger partial charge is 0.257 e. The molecule has 4 aliphatic heterocycles. The Morgan fingerprint density at radius 1 is 1.21 bits per heavy atom. The lowest BCUT2D eigenvalue weighted by Gasteiger charge is -2.51. The van der Waals surface area contributed by atoms with Gasteiger partial charge < -0.3 is 4.90 Å². The zero-order valence-corrected chi connectivity index (χ0v) is 15.9. The van der Waals surface area contributed by atoms with Crippen molar-refractivity contribution >= 4 is 5.91 Å². The van der Waals surface area contributed by atoms with Crippen LogP contribution in [0.5, 0.6) is 0 Å². The van der Waals surface area contributed by atoms with Crippen molar-refractivity contribution in [2.24, 2.45) is 5.92 Å². The molecule has 3 atom stereocenters. The molecule has 5 heterocycles. The molecule has 4 aliphatic rings. The van der Waals surface area contributed by atoms with Crippen molar-refractivity contribution in [2.45, 2.75) is 44.3 Å². The number of likely N-dealkylation sites (tertiary alicyclic amines) is 1. The SMILES string of the molecule is CCn1cc(C(=O)N2C[C@@H](c3cccc(F)c3F)[C@@H]3[C@H]2C2CCN3CC2)cn1. The maximum atomic E-state index is 14.6. The van der Waals surface area contributed by atoms with Crippen LogP contribution in [-0.2, 0) is 6.54 Å². The van der Waals surface area contributed by atoms with Crippen molar-refractivity contribution in [1.82, 2.24) is 19.6 Å². The van der Waals surface area contributed by atoms with Gasteiger partial charge in [-0.15, -0.1) is 0 Å². The molecule has 1 aromatic heterocycles. The third-order valence-corrected chi connectivity index (χ3v) is 6.84. The van der Waals surface area contributed by atoms with Gasteiger partial charge in [0.1, 0.15) is 0 Å². The molecular formula is C21H24F2N4O. The van der Waals surface area contributed by atoms with E-state index in [0.717, 1.165) is 32.0 Å². The Morgan fingerprint density at radius 2 is 2.00 bits per heavy atom. The fraction of sp³-hybridized carbons (Fsp3) is 0.524. The highest BCUT2D eigenvalue weighted by atomic mass is 19.2. The fourth-order valence-corrected chi connectivity index (χ4v) is 5.55. The van der Waals surface area contributed by atoms with Crippen LogP contribution in [0.2, 0.25) is 0 Å². The predicted octanol–water partition coefficient (Wildman–Crippen LogP) is 2.88. The zero-order chi connectivity index (χ0) is 19.4. The summed E-state index contributed by atoms with van der Waals surface area (Å²) in [5.74, 6) is -1.44. The Kier molecular flexibility index (Phi) is 4.23. The third kappa shape index (κ3) is 2.59. The zero-order valence-electron chi connectivity index (χ0n) is 15.9. The summed E-state index contributed by atoms with van der Waals surface area (Å²) in [7, 11) is 0. The average molecular weight is 386 g/mol. The summed E-state index contributed by atoms with van der Waals surface area (Å²) in [6.45, 7) is 5.03. The Balaban J connectivity index is 1.54. The lowest BCUT2D eigenvalue weighted by atomic mass is 9.75. The summed E-state index contributed by atoms with van der Waals surface area (Å²) in [4.78, 5) is 17.6. The number of hydrogen-bond acceptors (Lipinski definition) is 3. The lowest BCUT2D eigenvalue weighted by Crippen LogP contribution is -2.60. The Labute approximate surface area is 162 Å². The number of benzene rings is 1. The van der Waals surface area contributed by atoms with E-state index in [4.69, 9.17) is 0 Å². The molecule has 1 aromatic carbocycles. The summed E-state index contributed by atoms with van der Waals surface area (Å²) >= 11 is 0. The number of carbonyl (C=O) groups is 1. The molecule has 5 nitrogen and oxygen atoms in total. The number of halogens is 2. The molecule has 0 N–H and O–H groups in total. The largest absolute Gasteiger partial charge is 0.333 e. The van der Waals surface area contributed by atoms with E-state index < -0.39 is 11.6 Å². The molecule has 2 aromatic rings. The maximum absolute atomic E-state index is 14.6. The highest BCUT2D eigenvalue weighted by molar-refractivity contribution is 5.94. The van der Waals surface area contributed by atoms with E-state index >= 15 is 0 Å². The summed E-state index contributed by atoms with van der Waals surface area (Å²) in [5.41, 5.74) is 0.958. The normalized spacial score (nSPS) is 31.2. The highest BCUT2D eigenvalue weighted by Crippen LogP contribution is 2.47. The summed E-state index contributed by atoms with van der Waals surface area (Å²) < 4.78 is 30.3. The monoisotopic (exact) mass is 386 g/mol. The van der Waals surface area contributed by atoms with Crippen LogP contribution in [0.3, 0.4) is 0 Å². The van der Waals surface area contributed by atoms with Crippen molar-refractivity contribution < 1.29 is 13.6 Å². The van der Waals surface area contributed by atoms with Gasteiger partial charge in [0.25, 0.3) is 5.91 Å². The van der Waals surface area contributed by atoms with Gasteiger partial charge in [0, 0.05) is 31.2 Å². The maximum Gasteiger partial charge on any atom is 0.257 e. The van der Waals surface area contributed by atoms with Crippen LogP contribution < -0.4 is 0 Å². The van der Waals surface area contributed by atoms with Crippen molar-refractivity contribution in [3.63, 3.8) is 0 Å². The molecule has 0 aliphatic carbocycles. The van der Waals surface area contributed by atoms with E-state index in [0.29, 0.717) is 30.1 Å². The van der Waals surface area contributed by atoms with E-state index in [-0.39, 0.29) is 23.9 Å². The Bertz CT molecular complexity index is 906. The first-order chi connectivity index (χ1) is 13.6. The predicted molar refractivity (Wildman–Crippen MR) is 99.9 cm³/mol. The molecule has 28 heavy (non-hydrogen) atoms. The first-order valence-corrected chi connectivity index (χ1v) is 10.1. The van der Waals surface area contributed by atoms with Crippen LogP contribution in [0, 0.1) is 17.6 Å². The van der Waals surface area contributed by atoms with E-state index in [2.05, 4.69) is 10.00 Å². The minimum absolute atomic E-state index is 0.0487. The van der Waals surface area contributed by atoms with E-state index in [1.165, 1.54) is 0 Å². The van der Waals surface area contributed by atoms with E-state index in [1.54, 1.807) is 29.2 Å². The first-order valence-electron chi connectivity index (χ1n) is 10.1.